The van der Waals surface area contributed by atoms with Crippen LogP contribution in [0.2, 0.25) is 0 Å². The molecule has 9 nitrogen and oxygen atoms in total. The molecule has 0 rings (SSSR count). The Labute approximate surface area is 364 Å². The van der Waals surface area contributed by atoms with Crippen molar-refractivity contribution >= 4 is 19.7 Å². The standard InChI is InChI=1S/C49H96NO8P/c1-3-5-7-9-11-13-15-17-19-21-23-25-27-29-31-33-35-37-39-41-48(52)50-43-44-57-59(54,55)58-46-47(51)45-56-49(53)42-40-38-36-34-32-30-28-26-24-22-20-18-16-14-12-10-8-6-4-2/h18,20,47,51H,3-17,19,21-46H2,1-2H3,(H,50,52)(H,54,55)/b20-18+. The number of phosphoric acid groups is 1. The van der Waals surface area contributed by atoms with Gasteiger partial charge in [0.2, 0.25) is 5.91 Å². The summed E-state index contributed by atoms with van der Waals surface area (Å²) >= 11 is 0. The molecule has 0 saturated heterocycles. The summed E-state index contributed by atoms with van der Waals surface area (Å²) in [6.45, 7) is 3.60. The molecule has 350 valence electrons. The number of allylic oxidation sites excluding steroid dienone is 2. The summed E-state index contributed by atoms with van der Waals surface area (Å²) in [7, 11) is -4.42. The lowest BCUT2D eigenvalue weighted by atomic mass is 10.0. The van der Waals surface area contributed by atoms with E-state index >= 15 is 0 Å². The second-order valence-corrected chi connectivity index (χ2v) is 18.6. The van der Waals surface area contributed by atoms with Crippen molar-refractivity contribution in [3.8, 4) is 0 Å². The van der Waals surface area contributed by atoms with Crippen LogP contribution in [0.1, 0.15) is 258 Å². The highest BCUT2D eigenvalue weighted by molar-refractivity contribution is 7.47. The number of hydrogen-bond donors (Lipinski definition) is 3. The minimum atomic E-state index is -4.42. The van der Waals surface area contributed by atoms with Gasteiger partial charge in [-0.1, -0.05) is 219 Å². The minimum absolute atomic E-state index is 0.0868. The fourth-order valence-electron chi connectivity index (χ4n) is 7.38. The summed E-state index contributed by atoms with van der Waals surface area (Å²) < 4.78 is 27.0. The van der Waals surface area contributed by atoms with Gasteiger partial charge >= 0.3 is 13.8 Å². The number of rotatable bonds is 48. The van der Waals surface area contributed by atoms with Gasteiger partial charge in [0.15, 0.2) is 0 Å². The fourth-order valence-corrected chi connectivity index (χ4v) is 8.13. The van der Waals surface area contributed by atoms with Crippen molar-refractivity contribution in [1.82, 2.24) is 5.32 Å². The van der Waals surface area contributed by atoms with Crippen molar-refractivity contribution in [2.75, 3.05) is 26.4 Å². The maximum absolute atomic E-state index is 12.1. The molecule has 0 aromatic carbocycles. The summed E-state index contributed by atoms with van der Waals surface area (Å²) in [6, 6.07) is 0. The van der Waals surface area contributed by atoms with Crippen LogP contribution in [0.25, 0.3) is 0 Å². The van der Waals surface area contributed by atoms with E-state index in [4.69, 9.17) is 13.8 Å². The van der Waals surface area contributed by atoms with Crippen molar-refractivity contribution in [2.45, 2.75) is 264 Å². The van der Waals surface area contributed by atoms with E-state index in [1.807, 2.05) is 0 Å². The monoisotopic (exact) mass is 858 g/mol. The Morgan fingerprint density at radius 2 is 0.864 bits per heavy atom. The van der Waals surface area contributed by atoms with Crippen LogP contribution in [0.5, 0.6) is 0 Å². The number of aliphatic hydroxyl groups excluding tert-OH is 1. The molecule has 0 aliphatic rings. The molecular weight excluding hydrogens is 762 g/mol. The molecule has 2 atom stereocenters. The highest BCUT2D eigenvalue weighted by atomic mass is 31.2. The van der Waals surface area contributed by atoms with E-state index in [2.05, 4.69) is 31.3 Å². The van der Waals surface area contributed by atoms with E-state index in [-0.39, 0.29) is 32.1 Å². The number of phosphoric ester groups is 1. The molecule has 59 heavy (non-hydrogen) atoms. The normalized spacial score (nSPS) is 13.2. The van der Waals surface area contributed by atoms with E-state index in [0.717, 1.165) is 38.5 Å². The van der Waals surface area contributed by atoms with Crippen LogP contribution in [0, 0.1) is 0 Å². The largest absolute Gasteiger partial charge is 0.472 e. The van der Waals surface area contributed by atoms with Gasteiger partial charge in [-0.25, -0.2) is 4.57 Å². The molecule has 0 aromatic rings. The number of carbonyl (C=O) groups excluding carboxylic acids is 2. The molecular formula is C49H96NO8P. The third kappa shape index (κ3) is 47.6. The van der Waals surface area contributed by atoms with Crippen LogP contribution >= 0.6 is 7.82 Å². The Balaban J connectivity index is 3.53. The van der Waals surface area contributed by atoms with Crippen molar-refractivity contribution in [1.29, 1.82) is 0 Å². The van der Waals surface area contributed by atoms with Gasteiger partial charge in [0.05, 0.1) is 13.2 Å². The smallest absolute Gasteiger partial charge is 0.463 e. The predicted molar refractivity (Wildman–Crippen MR) is 248 cm³/mol. The third-order valence-electron chi connectivity index (χ3n) is 11.2. The van der Waals surface area contributed by atoms with Gasteiger partial charge in [-0.3, -0.25) is 18.6 Å². The number of ether oxygens (including phenoxy) is 1. The maximum Gasteiger partial charge on any atom is 0.472 e. The lowest BCUT2D eigenvalue weighted by Crippen LogP contribution is -2.27. The zero-order valence-electron chi connectivity index (χ0n) is 38.7. The van der Waals surface area contributed by atoms with Crippen LogP contribution in [0.3, 0.4) is 0 Å². The van der Waals surface area contributed by atoms with E-state index in [1.165, 1.54) is 193 Å². The SMILES string of the molecule is CCCCCCCC/C=C/CCCCCCCCCCCC(=O)OCC(O)COP(=O)(O)OCCNC(=O)CCCCCCCCCCCCCCCCCCCCC. The van der Waals surface area contributed by atoms with Crippen LogP contribution in [0.15, 0.2) is 12.2 Å². The molecule has 0 spiro atoms. The zero-order chi connectivity index (χ0) is 43.2. The van der Waals surface area contributed by atoms with Gasteiger partial charge in [0, 0.05) is 19.4 Å². The van der Waals surface area contributed by atoms with Gasteiger partial charge in [0.1, 0.15) is 12.7 Å². The summed E-state index contributed by atoms with van der Waals surface area (Å²) in [5, 5.41) is 12.7. The van der Waals surface area contributed by atoms with Crippen molar-refractivity contribution < 1.29 is 37.9 Å². The molecule has 0 aromatic heterocycles. The first-order chi connectivity index (χ1) is 28.8. The lowest BCUT2D eigenvalue weighted by molar-refractivity contribution is -0.147. The zero-order valence-corrected chi connectivity index (χ0v) is 39.6. The van der Waals surface area contributed by atoms with E-state index in [0.29, 0.717) is 6.42 Å². The number of amides is 1. The number of esters is 1. The highest BCUT2D eigenvalue weighted by Gasteiger charge is 2.23. The molecule has 1 amide bonds. The van der Waals surface area contributed by atoms with Gasteiger partial charge in [0.25, 0.3) is 0 Å². The van der Waals surface area contributed by atoms with Gasteiger partial charge in [-0.15, -0.1) is 0 Å². The number of nitrogens with one attached hydrogen (secondary N) is 1. The Hall–Kier alpha value is -1.25. The fraction of sp³-hybridized carbons (Fsp3) is 0.918. The molecule has 10 heteroatoms. The number of carbonyl (C=O) groups is 2. The number of unbranched alkanes of at least 4 members (excludes halogenated alkanes) is 33. The van der Waals surface area contributed by atoms with Crippen LogP contribution in [-0.2, 0) is 27.9 Å². The molecule has 0 aliphatic heterocycles. The second kappa shape index (κ2) is 46.3. The van der Waals surface area contributed by atoms with Crippen LogP contribution in [0.4, 0.5) is 0 Å². The van der Waals surface area contributed by atoms with Gasteiger partial charge in [-0.05, 0) is 38.5 Å². The molecule has 3 N–H and O–H groups in total. The second-order valence-electron chi connectivity index (χ2n) is 17.1. The van der Waals surface area contributed by atoms with Crippen molar-refractivity contribution in [3.63, 3.8) is 0 Å². The Kier molecular flexibility index (Phi) is 45.3. The highest BCUT2D eigenvalue weighted by Crippen LogP contribution is 2.42. The average molecular weight is 858 g/mol. The first kappa shape index (κ1) is 57.8. The summed E-state index contributed by atoms with van der Waals surface area (Å²) in [4.78, 5) is 34.0. The van der Waals surface area contributed by atoms with Crippen molar-refractivity contribution in [2.24, 2.45) is 0 Å². The molecule has 0 saturated carbocycles. The van der Waals surface area contributed by atoms with Crippen LogP contribution < -0.4 is 5.32 Å². The van der Waals surface area contributed by atoms with E-state index < -0.39 is 26.5 Å². The topological polar surface area (TPSA) is 131 Å². The minimum Gasteiger partial charge on any atom is -0.463 e. The Morgan fingerprint density at radius 3 is 1.27 bits per heavy atom. The maximum atomic E-state index is 12.1. The molecule has 2 unspecified atom stereocenters. The van der Waals surface area contributed by atoms with E-state index in [9.17, 15) is 24.2 Å². The molecule has 0 radical (unpaired) electrons. The van der Waals surface area contributed by atoms with E-state index in [1.54, 1.807) is 0 Å². The molecule has 0 bridgehead atoms. The first-order valence-corrected chi connectivity index (χ1v) is 26.7. The number of hydrogen-bond acceptors (Lipinski definition) is 7. The summed E-state index contributed by atoms with van der Waals surface area (Å²) in [5.74, 6) is -0.505. The Bertz CT molecular complexity index is 980. The van der Waals surface area contributed by atoms with Gasteiger partial charge < -0.3 is 20.1 Å². The molecule has 0 fully saturated rings. The van der Waals surface area contributed by atoms with Crippen molar-refractivity contribution in [3.05, 3.63) is 12.2 Å². The van der Waals surface area contributed by atoms with Crippen LogP contribution in [-0.4, -0.2) is 54.3 Å². The first-order valence-electron chi connectivity index (χ1n) is 25.2. The molecule has 0 aliphatic carbocycles. The quantitative estimate of drug-likeness (QED) is 0.0239. The summed E-state index contributed by atoms with van der Waals surface area (Å²) in [6.07, 6.45) is 50.0. The molecule has 0 heterocycles. The lowest BCUT2D eigenvalue weighted by Gasteiger charge is -2.15. The number of aliphatic hydroxyl groups is 1. The summed E-state index contributed by atoms with van der Waals surface area (Å²) in [5.41, 5.74) is 0. The average Bonchev–Trinajstić information content (AvgIpc) is 3.22. The third-order valence-corrected chi connectivity index (χ3v) is 12.2. The Morgan fingerprint density at radius 1 is 0.508 bits per heavy atom. The van der Waals surface area contributed by atoms with Gasteiger partial charge in [-0.2, -0.15) is 0 Å². The predicted octanol–water partition coefficient (Wildman–Crippen LogP) is 14.6.